The van der Waals surface area contributed by atoms with Crippen LogP contribution in [0.25, 0.3) is 0 Å². The van der Waals surface area contributed by atoms with Crippen molar-refractivity contribution in [2.75, 3.05) is 46.8 Å². The van der Waals surface area contributed by atoms with Gasteiger partial charge in [-0.1, -0.05) is 6.92 Å². The number of methoxy groups -OCH3 is 1. The largest absolute Gasteiger partial charge is 0.507 e. The van der Waals surface area contributed by atoms with E-state index in [1.807, 2.05) is 0 Å². The normalized spacial score (nSPS) is 10.6. The van der Waals surface area contributed by atoms with Crippen LogP contribution in [0.2, 0.25) is 0 Å². The molecule has 1 aromatic rings. The second kappa shape index (κ2) is 11.0. The third-order valence-electron chi connectivity index (χ3n) is 2.89. The molecule has 0 saturated carbocycles. The first-order valence-corrected chi connectivity index (χ1v) is 7.32. The lowest BCUT2D eigenvalue weighted by Crippen LogP contribution is -2.12. The highest BCUT2D eigenvalue weighted by atomic mass is 16.6. The summed E-state index contributed by atoms with van der Waals surface area (Å²) in [5.41, 5.74) is 0.319. The first kappa shape index (κ1) is 18.4. The number of ether oxygens (including phenoxy) is 4. The molecular weight excluding hydrogens is 288 g/mol. The Hall–Kier alpha value is -1.63. The van der Waals surface area contributed by atoms with Crippen LogP contribution in [0.1, 0.15) is 23.7 Å². The molecule has 0 heterocycles. The second-order valence-electron chi connectivity index (χ2n) is 4.52. The number of rotatable bonds is 12. The van der Waals surface area contributed by atoms with Gasteiger partial charge in [0, 0.05) is 19.6 Å². The lowest BCUT2D eigenvalue weighted by molar-refractivity contribution is 0.0179. The first-order valence-electron chi connectivity index (χ1n) is 7.32. The number of hydrogen-bond acceptors (Lipinski definition) is 6. The summed E-state index contributed by atoms with van der Waals surface area (Å²) in [7, 11) is 1.62. The zero-order valence-corrected chi connectivity index (χ0v) is 13.2. The summed E-state index contributed by atoms with van der Waals surface area (Å²) >= 11 is 0. The minimum absolute atomic E-state index is 0.0585. The smallest absolute Gasteiger partial charge is 0.166 e. The Labute approximate surface area is 130 Å². The van der Waals surface area contributed by atoms with E-state index in [1.165, 1.54) is 6.07 Å². The molecule has 0 aliphatic rings. The number of carbonyl (C=O) groups is 1. The van der Waals surface area contributed by atoms with Crippen molar-refractivity contribution in [1.82, 2.24) is 0 Å². The summed E-state index contributed by atoms with van der Waals surface area (Å²) < 4.78 is 20.9. The van der Waals surface area contributed by atoms with Crippen LogP contribution in [0.5, 0.6) is 11.5 Å². The van der Waals surface area contributed by atoms with Gasteiger partial charge in [0.2, 0.25) is 0 Å². The topological polar surface area (TPSA) is 74.2 Å². The molecule has 0 bridgehead atoms. The van der Waals surface area contributed by atoms with Crippen LogP contribution in [0, 0.1) is 0 Å². The van der Waals surface area contributed by atoms with Crippen molar-refractivity contribution in [3.8, 4) is 11.5 Å². The molecule has 0 saturated heterocycles. The van der Waals surface area contributed by atoms with E-state index in [0.717, 1.165) is 0 Å². The molecule has 1 N–H and O–H groups in total. The molecule has 0 aliphatic carbocycles. The van der Waals surface area contributed by atoms with Crippen molar-refractivity contribution >= 4 is 5.78 Å². The van der Waals surface area contributed by atoms with Crippen LogP contribution in [0.15, 0.2) is 18.2 Å². The molecule has 1 rings (SSSR count). The van der Waals surface area contributed by atoms with Gasteiger partial charge in [-0.25, -0.2) is 0 Å². The van der Waals surface area contributed by atoms with Gasteiger partial charge in [0.15, 0.2) is 5.78 Å². The van der Waals surface area contributed by atoms with Crippen molar-refractivity contribution < 1.29 is 28.8 Å². The second-order valence-corrected chi connectivity index (χ2v) is 4.52. The van der Waals surface area contributed by atoms with E-state index in [0.29, 0.717) is 57.4 Å². The van der Waals surface area contributed by atoms with E-state index in [-0.39, 0.29) is 11.5 Å². The van der Waals surface area contributed by atoms with E-state index >= 15 is 0 Å². The number of aromatic hydroxyl groups is 1. The number of hydrogen-bond donors (Lipinski definition) is 1. The standard InChI is InChI=1S/C16H24O6/c1-3-15(17)14-5-4-13(12-16(14)18)22-11-10-21-9-8-20-7-6-19-2/h4-5,12,18H,3,6-11H2,1-2H3. The van der Waals surface area contributed by atoms with E-state index < -0.39 is 0 Å². The Balaban J connectivity index is 2.17. The van der Waals surface area contributed by atoms with Crippen molar-refractivity contribution in [2.45, 2.75) is 13.3 Å². The number of benzene rings is 1. The highest BCUT2D eigenvalue weighted by Crippen LogP contribution is 2.24. The summed E-state index contributed by atoms with van der Waals surface area (Å²) in [5, 5.41) is 9.78. The van der Waals surface area contributed by atoms with Crippen LogP contribution in [-0.2, 0) is 14.2 Å². The number of phenols is 1. The molecule has 0 atom stereocenters. The van der Waals surface area contributed by atoms with Gasteiger partial charge in [0.25, 0.3) is 0 Å². The van der Waals surface area contributed by atoms with E-state index in [2.05, 4.69) is 0 Å². The maximum Gasteiger partial charge on any atom is 0.166 e. The molecule has 124 valence electrons. The molecule has 0 spiro atoms. The summed E-state index contributed by atoms with van der Waals surface area (Å²) in [6, 6.07) is 4.67. The molecule has 6 heteroatoms. The Morgan fingerprint density at radius 2 is 1.68 bits per heavy atom. The molecule has 6 nitrogen and oxygen atoms in total. The van der Waals surface area contributed by atoms with Gasteiger partial charge in [0.05, 0.1) is 38.6 Å². The summed E-state index contributed by atoms with van der Waals surface area (Å²) in [6.45, 7) is 4.66. The molecule has 0 fully saturated rings. The maximum absolute atomic E-state index is 11.5. The van der Waals surface area contributed by atoms with Crippen molar-refractivity contribution in [1.29, 1.82) is 0 Å². The van der Waals surface area contributed by atoms with Gasteiger partial charge in [-0.3, -0.25) is 4.79 Å². The van der Waals surface area contributed by atoms with Crippen LogP contribution in [0.4, 0.5) is 0 Å². The third kappa shape index (κ3) is 6.89. The van der Waals surface area contributed by atoms with Crippen LogP contribution >= 0.6 is 0 Å². The minimum Gasteiger partial charge on any atom is -0.507 e. The van der Waals surface area contributed by atoms with Gasteiger partial charge < -0.3 is 24.1 Å². The molecule has 0 aliphatic heterocycles. The predicted octanol–water partition coefficient (Wildman–Crippen LogP) is 2.04. The van der Waals surface area contributed by atoms with Gasteiger partial charge in [-0.15, -0.1) is 0 Å². The number of ketones is 1. The Bertz CT molecular complexity index is 446. The molecular formula is C16H24O6. The van der Waals surface area contributed by atoms with Gasteiger partial charge in [-0.05, 0) is 12.1 Å². The van der Waals surface area contributed by atoms with Gasteiger partial charge in [0.1, 0.15) is 18.1 Å². The highest BCUT2D eigenvalue weighted by Gasteiger charge is 2.09. The van der Waals surface area contributed by atoms with Gasteiger partial charge in [-0.2, -0.15) is 0 Å². The molecule has 0 aromatic heterocycles. The third-order valence-corrected chi connectivity index (χ3v) is 2.89. The van der Waals surface area contributed by atoms with E-state index in [4.69, 9.17) is 18.9 Å². The van der Waals surface area contributed by atoms with Crippen molar-refractivity contribution in [3.63, 3.8) is 0 Å². The highest BCUT2D eigenvalue weighted by molar-refractivity contribution is 5.98. The lowest BCUT2D eigenvalue weighted by atomic mass is 10.1. The fraction of sp³-hybridized carbons (Fsp3) is 0.562. The van der Waals surface area contributed by atoms with Crippen molar-refractivity contribution in [2.24, 2.45) is 0 Å². The summed E-state index contributed by atoms with van der Waals surface area (Å²) in [6.07, 6.45) is 0.355. The van der Waals surface area contributed by atoms with E-state index in [1.54, 1.807) is 26.2 Å². The zero-order chi connectivity index (χ0) is 16.2. The van der Waals surface area contributed by atoms with Gasteiger partial charge >= 0.3 is 0 Å². The fourth-order valence-electron chi connectivity index (χ4n) is 1.71. The Morgan fingerprint density at radius 3 is 2.27 bits per heavy atom. The molecule has 0 radical (unpaired) electrons. The predicted molar refractivity (Wildman–Crippen MR) is 81.7 cm³/mol. The SMILES string of the molecule is CCC(=O)c1ccc(OCCOCCOCCOC)cc1O. The average molecular weight is 312 g/mol. The zero-order valence-electron chi connectivity index (χ0n) is 13.2. The molecule has 1 aromatic carbocycles. The summed E-state index contributed by atoms with van der Waals surface area (Å²) in [5.74, 6) is 0.350. The minimum atomic E-state index is -0.0964. The molecule has 22 heavy (non-hydrogen) atoms. The fourth-order valence-corrected chi connectivity index (χ4v) is 1.71. The molecule has 0 unspecified atom stereocenters. The lowest BCUT2D eigenvalue weighted by Gasteiger charge is -2.09. The Kier molecular flexibility index (Phi) is 9.21. The van der Waals surface area contributed by atoms with Crippen LogP contribution in [-0.4, -0.2) is 57.6 Å². The number of phenolic OH excluding ortho intramolecular Hbond substituents is 1. The molecule has 0 amide bonds. The van der Waals surface area contributed by atoms with Crippen molar-refractivity contribution in [3.05, 3.63) is 23.8 Å². The summed E-state index contributed by atoms with van der Waals surface area (Å²) in [4.78, 5) is 11.5. The first-order chi connectivity index (χ1) is 10.7. The quantitative estimate of drug-likeness (QED) is 0.470. The Morgan fingerprint density at radius 1 is 1.05 bits per heavy atom. The van der Waals surface area contributed by atoms with Crippen LogP contribution < -0.4 is 4.74 Å². The van der Waals surface area contributed by atoms with E-state index in [9.17, 15) is 9.90 Å². The maximum atomic E-state index is 11.5. The van der Waals surface area contributed by atoms with Crippen LogP contribution in [0.3, 0.4) is 0 Å². The number of Topliss-reactive ketones (excluding diaryl/α,β-unsaturated/α-hetero) is 1. The average Bonchev–Trinajstić information content (AvgIpc) is 2.52. The number of carbonyl (C=O) groups excluding carboxylic acids is 1. The monoisotopic (exact) mass is 312 g/mol.